The van der Waals surface area contributed by atoms with Gasteiger partial charge >= 0.3 is 5.97 Å². The summed E-state index contributed by atoms with van der Waals surface area (Å²) >= 11 is 0. The van der Waals surface area contributed by atoms with E-state index < -0.39 is 5.97 Å². The first kappa shape index (κ1) is 17.6. The van der Waals surface area contributed by atoms with Crippen molar-refractivity contribution in [1.29, 1.82) is 0 Å². The van der Waals surface area contributed by atoms with Gasteiger partial charge in [0.2, 0.25) is 11.9 Å². The van der Waals surface area contributed by atoms with Crippen LogP contribution in [0.4, 0.5) is 0 Å². The summed E-state index contributed by atoms with van der Waals surface area (Å²) in [5.41, 5.74) is 3.60. The van der Waals surface area contributed by atoms with Gasteiger partial charge in [-0.2, -0.15) is 4.57 Å². The van der Waals surface area contributed by atoms with Crippen LogP contribution in [0.3, 0.4) is 0 Å². The average Bonchev–Trinajstić information content (AvgIpc) is 2.76. The Labute approximate surface area is 163 Å². The smallest absolute Gasteiger partial charge is 0.368 e. The lowest BCUT2D eigenvalue weighted by atomic mass is 10.1. The molecule has 4 nitrogen and oxygen atoms in total. The fourth-order valence-corrected chi connectivity index (χ4v) is 2.94. The largest absolute Gasteiger partial charge is 0.422 e. The molecule has 0 aliphatic carbocycles. The van der Waals surface area contributed by atoms with Crippen LogP contribution in [0.1, 0.15) is 16.1 Å². The van der Waals surface area contributed by atoms with Gasteiger partial charge in [-0.3, -0.25) is 0 Å². The number of esters is 1. The lowest BCUT2D eigenvalue weighted by molar-refractivity contribution is -0.689. The molecular formula is C24H19N2O2+. The lowest BCUT2D eigenvalue weighted by Crippen LogP contribution is -2.35. The SMILES string of the molecule is O=C(Oc1ccc(-c2ccccc2)cc1)c1c[n+](Cc2ccccc2)ccn1. The van der Waals surface area contributed by atoms with Gasteiger partial charge in [0.15, 0.2) is 12.7 Å². The van der Waals surface area contributed by atoms with Crippen molar-refractivity contribution < 1.29 is 14.1 Å². The van der Waals surface area contributed by atoms with Crippen LogP contribution >= 0.6 is 0 Å². The van der Waals surface area contributed by atoms with Crippen molar-refractivity contribution in [2.24, 2.45) is 0 Å². The number of hydrogen-bond donors (Lipinski definition) is 0. The molecular weight excluding hydrogens is 348 g/mol. The lowest BCUT2D eigenvalue weighted by Gasteiger charge is -2.05. The predicted molar refractivity (Wildman–Crippen MR) is 107 cm³/mol. The Morgan fingerprint density at radius 2 is 1.46 bits per heavy atom. The molecule has 0 bridgehead atoms. The standard InChI is InChI=1S/C24H19N2O2/c27-24(23-18-26(16-15-25-23)17-19-7-3-1-4-8-19)28-22-13-11-21(12-14-22)20-9-5-2-6-10-20/h1-16,18H,17H2/q+1. The molecule has 0 saturated heterocycles. The summed E-state index contributed by atoms with van der Waals surface area (Å²) in [5.74, 6) is 0.0137. The van der Waals surface area contributed by atoms with Gasteiger partial charge in [-0.25, -0.2) is 9.78 Å². The number of ether oxygens (including phenoxy) is 1. The van der Waals surface area contributed by atoms with Crippen molar-refractivity contribution in [2.75, 3.05) is 0 Å². The molecule has 0 atom stereocenters. The van der Waals surface area contributed by atoms with Crippen LogP contribution in [-0.4, -0.2) is 11.0 Å². The van der Waals surface area contributed by atoms with Gasteiger partial charge in [-0.05, 0) is 23.3 Å². The average molecular weight is 367 g/mol. The summed E-state index contributed by atoms with van der Waals surface area (Å²) in [6.45, 7) is 0.662. The number of aromatic nitrogens is 2. The van der Waals surface area contributed by atoms with Crippen LogP contribution in [0.25, 0.3) is 11.1 Å². The predicted octanol–water partition coefficient (Wildman–Crippen LogP) is 4.30. The van der Waals surface area contributed by atoms with Crippen LogP contribution in [0.15, 0.2) is 104 Å². The fraction of sp³-hybridized carbons (Fsp3) is 0.0417. The molecule has 1 heterocycles. The van der Waals surface area contributed by atoms with Gasteiger partial charge in [-0.15, -0.1) is 0 Å². The highest BCUT2D eigenvalue weighted by Gasteiger charge is 2.15. The monoisotopic (exact) mass is 367 g/mol. The third-order valence-corrected chi connectivity index (χ3v) is 4.35. The molecule has 0 aliphatic heterocycles. The number of rotatable bonds is 5. The van der Waals surface area contributed by atoms with Crippen molar-refractivity contribution in [3.63, 3.8) is 0 Å². The quantitative estimate of drug-likeness (QED) is 0.300. The molecule has 0 amide bonds. The molecule has 0 saturated carbocycles. The molecule has 4 aromatic rings. The molecule has 1 aromatic heterocycles. The first-order chi connectivity index (χ1) is 13.8. The number of carbonyl (C=O) groups excluding carboxylic acids is 1. The number of hydrogen-bond acceptors (Lipinski definition) is 3. The van der Waals surface area contributed by atoms with Gasteiger partial charge in [0, 0.05) is 5.56 Å². The molecule has 0 radical (unpaired) electrons. The maximum Gasteiger partial charge on any atom is 0.368 e. The van der Waals surface area contributed by atoms with Gasteiger partial charge in [0.05, 0.1) is 6.20 Å². The molecule has 28 heavy (non-hydrogen) atoms. The Kier molecular flexibility index (Phi) is 5.20. The Morgan fingerprint density at radius 3 is 2.18 bits per heavy atom. The van der Waals surface area contributed by atoms with Crippen LogP contribution in [-0.2, 0) is 6.54 Å². The summed E-state index contributed by atoms with van der Waals surface area (Å²) in [4.78, 5) is 16.6. The summed E-state index contributed by atoms with van der Waals surface area (Å²) in [7, 11) is 0. The van der Waals surface area contributed by atoms with Gasteiger partial charge in [0.1, 0.15) is 5.75 Å². The van der Waals surface area contributed by atoms with Crippen LogP contribution in [0.5, 0.6) is 5.75 Å². The zero-order valence-electron chi connectivity index (χ0n) is 15.2. The van der Waals surface area contributed by atoms with Crippen molar-refractivity contribution in [3.05, 3.63) is 115 Å². The fourth-order valence-electron chi connectivity index (χ4n) is 2.94. The van der Waals surface area contributed by atoms with Crippen LogP contribution < -0.4 is 9.30 Å². The molecule has 0 aliphatic rings. The third kappa shape index (κ3) is 4.30. The van der Waals surface area contributed by atoms with Crippen molar-refractivity contribution in [1.82, 2.24) is 4.98 Å². The van der Waals surface area contributed by atoms with Gasteiger partial charge < -0.3 is 4.74 Å². The van der Waals surface area contributed by atoms with Crippen molar-refractivity contribution in [2.45, 2.75) is 6.54 Å². The molecule has 136 valence electrons. The van der Waals surface area contributed by atoms with E-state index in [0.717, 1.165) is 16.7 Å². The van der Waals surface area contributed by atoms with E-state index in [1.165, 1.54) is 0 Å². The highest BCUT2D eigenvalue weighted by molar-refractivity contribution is 5.88. The minimum atomic E-state index is -0.477. The first-order valence-corrected chi connectivity index (χ1v) is 9.05. The summed E-state index contributed by atoms with van der Waals surface area (Å²) in [5, 5.41) is 0. The molecule has 4 heteroatoms. The van der Waals surface area contributed by atoms with Crippen molar-refractivity contribution in [3.8, 4) is 16.9 Å². The summed E-state index contributed by atoms with van der Waals surface area (Å²) in [6.07, 6.45) is 5.14. The zero-order valence-corrected chi connectivity index (χ0v) is 15.2. The molecule has 3 aromatic carbocycles. The van der Waals surface area contributed by atoms with E-state index in [9.17, 15) is 4.79 Å². The summed E-state index contributed by atoms with van der Waals surface area (Å²) in [6, 6.07) is 27.6. The minimum absolute atomic E-state index is 0.269. The van der Waals surface area contributed by atoms with E-state index in [1.54, 1.807) is 24.5 Å². The highest BCUT2D eigenvalue weighted by Crippen LogP contribution is 2.22. The van der Waals surface area contributed by atoms with E-state index in [-0.39, 0.29) is 5.69 Å². The number of nitrogens with zero attached hydrogens (tertiary/aromatic N) is 2. The van der Waals surface area contributed by atoms with E-state index in [1.807, 2.05) is 83.6 Å². The van der Waals surface area contributed by atoms with Crippen LogP contribution in [0, 0.1) is 0 Å². The Bertz CT molecular complexity index is 1060. The normalized spacial score (nSPS) is 10.4. The van der Waals surface area contributed by atoms with Gasteiger partial charge in [-0.1, -0.05) is 72.8 Å². The zero-order chi connectivity index (χ0) is 19.2. The number of carbonyl (C=O) groups is 1. The number of benzene rings is 3. The second-order valence-electron chi connectivity index (χ2n) is 6.38. The maximum absolute atomic E-state index is 12.5. The molecule has 0 unspecified atom stereocenters. The van der Waals surface area contributed by atoms with E-state index in [2.05, 4.69) is 4.98 Å². The van der Waals surface area contributed by atoms with E-state index in [0.29, 0.717) is 12.3 Å². The Balaban J connectivity index is 1.46. The third-order valence-electron chi connectivity index (χ3n) is 4.35. The molecule has 0 spiro atoms. The Hall–Kier alpha value is -3.79. The molecule has 0 fully saturated rings. The van der Waals surface area contributed by atoms with Gasteiger partial charge in [0.25, 0.3) is 0 Å². The van der Waals surface area contributed by atoms with Crippen LogP contribution in [0.2, 0.25) is 0 Å². The highest BCUT2D eigenvalue weighted by atomic mass is 16.5. The van der Waals surface area contributed by atoms with E-state index >= 15 is 0 Å². The molecule has 0 N–H and O–H groups in total. The Morgan fingerprint density at radius 1 is 0.821 bits per heavy atom. The summed E-state index contributed by atoms with van der Waals surface area (Å²) < 4.78 is 7.40. The minimum Gasteiger partial charge on any atom is -0.422 e. The second-order valence-corrected chi connectivity index (χ2v) is 6.38. The maximum atomic E-state index is 12.5. The van der Waals surface area contributed by atoms with Crippen molar-refractivity contribution >= 4 is 5.97 Å². The molecule has 4 rings (SSSR count). The second kappa shape index (κ2) is 8.27. The van der Waals surface area contributed by atoms with E-state index in [4.69, 9.17) is 4.74 Å². The topological polar surface area (TPSA) is 43.1 Å². The first-order valence-electron chi connectivity index (χ1n) is 9.05.